The van der Waals surface area contributed by atoms with Gasteiger partial charge in [0, 0.05) is 17.7 Å². The molecule has 0 unspecified atom stereocenters. The third-order valence-electron chi connectivity index (χ3n) is 3.33. The van der Waals surface area contributed by atoms with Crippen LogP contribution in [-0.2, 0) is 6.54 Å². The van der Waals surface area contributed by atoms with Crippen LogP contribution in [0.3, 0.4) is 0 Å². The highest BCUT2D eigenvalue weighted by Gasteiger charge is 2.12. The van der Waals surface area contributed by atoms with Gasteiger partial charge in [-0.25, -0.2) is 8.78 Å². The third kappa shape index (κ3) is 2.42. The number of fused-ring (bicyclic) bond motifs is 1. The Labute approximate surface area is 124 Å². The zero-order chi connectivity index (χ0) is 15.0. The number of nitrogens with one attached hydrogen (secondary N) is 1. The minimum atomic E-state index is -0.473. The number of rotatable bonds is 3. The molecular formula is C15H12F2N2OS. The second-order valence-electron chi connectivity index (χ2n) is 4.61. The lowest BCUT2D eigenvalue weighted by Gasteiger charge is -2.07. The van der Waals surface area contributed by atoms with Crippen LogP contribution in [-0.4, -0.2) is 16.7 Å². The summed E-state index contributed by atoms with van der Waals surface area (Å²) in [6, 6.07) is 9.35. The lowest BCUT2D eigenvalue weighted by molar-refractivity contribution is 0.387. The van der Waals surface area contributed by atoms with E-state index >= 15 is 0 Å². The molecule has 2 aromatic carbocycles. The summed E-state index contributed by atoms with van der Waals surface area (Å²) >= 11 is 5.24. The highest BCUT2D eigenvalue weighted by Crippen LogP contribution is 2.25. The largest absolute Gasteiger partial charge is 0.494 e. The maximum Gasteiger partial charge on any atom is 0.178 e. The van der Waals surface area contributed by atoms with Crippen LogP contribution < -0.4 is 4.74 Å². The molecule has 108 valence electrons. The zero-order valence-electron chi connectivity index (χ0n) is 11.2. The lowest BCUT2D eigenvalue weighted by atomic mass is 10.2. The van der Waals surface area contributed by atoms with E-state index in [1.807, 2.05) is 0 Å². The van der Waals surface area contributed by atoms with Crippen molar-refractivity contribution in [3.05, 3.63) is 58.4 Å². The van der Waals surface area contributed by atoms with Gasteiger partial charge in [-0.3, -0.25) is 0 Å². The van der Waals surface area contributed by atoms with E-state index < -0.39 is 5.82 Å². The van der Waals surface area contributed by atoms with Gasteiger partial charge >= 0.3 is 0 Å². The molecule has 1 N–H and O–H groups in total. The monoisotopic (exact) mass is 306 g/mol. The van der Waals surface area contributed by atoms with Gasteiger partial charge in [-0.15, -0.1) is 0 Å². The summed E-state index contributed by atoms with van der Waals surface area (Å²) in [5, 5.41) is 0. The summed E-state index contributed by atoms with van der Waals surface area (Å²) in [6.45, 7) is 0.264. The number of H-pyrrole nitrogens is 1. The quantitative estimate of drug-likeness (QED) is 0.740. The molecule has 0 atom stereocenters. The van der Waals surface area contributed by atoms with Crippen molar-refractivity contribution in [1.29, 1.82) is 0 Å². The van der Waals surface area contributed by atoms with Crippen molar-refractivity contribution in [3.63, 3.8) is 0 Å². The van der Waals surface area contributed by atoms with Crippen LogP contribution in [0.25, 0.3) is 11.0 Å². The summed E-state index contributed by atoms with van der Waals surface area (Å²) in [5.41, 5.74) is 1.73. The van der Waals surface area contributed by atoms with Crippen LogP contribution in [0, 0.1) is 16.4 Å². The highest BCUT2D eigenvalue weighted by molar-refractivity contribution is 7.71. The van der Waals surface area contributed by atoms with Gasteiger partial charge in [0.15, 0.2) is 16.3 Å². The van der Waals surface area contributed by atoms with Crippen molar-refractivity contribution in [3.8, 4) is 5.75 Å². The first-order chi connectivity index (χ1) is 10.1. The van der Waals surface area contributed by atoms with Gasteiger partial charge in [0.2, 0.25) is 0 Å². The Morgan fingerprint density at radius 1 is 1.19 bits per heavy atom. The molecule has 0 aliphatic heterocycles. The summed E-state index contributed by atoms with van der Waals surface area (Å²) in [5.74, 6) is -0.652. The molecule has 3 nitrogen and oxygen atoms in total. The first-order valence-electron chi connectivity index (χ1n) is 6.29. The van der Waals surface area contributed by atoms with Crippen molar-refractivity contribution < 1.29 is 13.5 Å². The maximum atomic E-state index is 13.8. The Morgan fingerprint density at radius 3 is 2.67 bits per heavy atom. The molecular weight excluding hydrogens is 294 g/mol. The van der Waals surface area contributed by atoms with Crippen LogP contribution in [0.5, 0.6) is 5.75 Å². The summed E-state index contributed by atoms with van der Waals surface area (Å²) in [6.07, 6.45) is 0. The molecule has 0 saturated heterocycles. The Kier molecular flexibility index (Phi) is 3.47. The molecule has 6 heteroatoms. The van der Waals surface area contributed by atoms with Crippen LogP contribution >= 0.6 is 12.2 Å². The average molecular weight is 306 g/mol. The number of halogens is 2. The number of aromatic nitrogens is 2. The number of hydrogen-bond acceptors (Lipinski definition) is 2. The standard InChI is InChI=1S/C15H12F2N2OS/c1-20-14-7-13-12(6-11(14)17)18-15(21)19(13)8-9-4-2-3-5-10(9)16/h2-7H,8H2,1H3,(H,18,21). The normalized spacial score (nSPS) is 11.0. The second kappa shape index (κ2) is 5.29. The lowest BCUT2D eigenvalue weighted by Crippen LogP contribution is -2.02. The van der Waals surface area contributed by atoms with Gasteiger partial charge in [0.25, 0.3) is 0 Å². The van der Waals surface area contributed by atoms with Crippen molar-refractivity contribution in [2.75, 3.05) is 7.11 Å². The number of imidazole rings is 1. The number of aromatic amines is 1. The van der Waals surface area contributed by atoms with Crippen LogP contribution in [0.1, 0.15) is 5.56 Å². The molecule has 3 aromatic rings. The molecule has 0 spiro atoms. The van der Waals surface area contributed by atoms with Crippen molar-refractivity contribution in [2.45, 2.75) is 6.54 Å². The molecule has 3 rings (SSSR count). The Balaban J connectivity index is 2.16. The van der Waals surface area contributed by atoms with Crippen molar-refractivity contribution in [2.24, 2.45) is 0 Å². The molecule has 0 fully saturated rings. The fourth-order valence-corrected chi connectivity index (χ4v) is 2.54. The molecule has 0 radical (unpaired) electrons. The molecule has 0 bridgehead atoms. The fourth-order valence-electron chi connectivity index (χ4n) is 2.27. The van der Waals surface area contributed by atoms with E-state index in [0.717, 1.165) is 0 Å². The van der Waals surface area contributed by atoms with E-state index in [1.54, 1.807) is 28.8 Å². The SMILES string of the molecule is COc1cc2c(cc1F)[nH]c(=S)n2Cc1ccccc1F. The molecule has 1 aromatic heterocycles. The topological polar surface area (TPSA) is 29.9 Å². The van der Waals surface area contributed by atoms with E-state index in [9.17, 15) is 8.78 Å². The number of methoxy groups -OCH3 is 1. The Hall–Kier alpha value is -2.21. The maximum absolute atomic E-state index is 13.8. The van der Waals surface area contributed by atoms with E-state index in [0.29, 0.717) is 21.4 Å². The van der Waals surface area contributed by atoms with E-state index in [1.165, 1.54) is 19.2 Å². The minimum absolute atomic E-state index is 0.124. The summed E-state index contributed by atoms with van der Waals surface area (Å²) in [4.78, 5) is 2.92. The fraction of sp³-hybridized carbons (Fsp3) is 0.133. The van der Waals surface area contributed by atoms with Crippen LogP contribution in [0.15, 0.2) is 36.4 Å². The number of nitrogens with zero attached hydrogens (tertiary/aromatic N) is 1. The molecule has 21 heavy (non-hydrogen) atoms. The zero-order valence-corrected chi connectivity index (χ0v) is 12.0. The Morgan fingerprint density at radius 2 is 1.95 bits per heavy atom. The Bertz CT molecular complexity index is 870. The molecule has 1 heterocycles. The molecule has 0 aliphatic rings. The van der Waals surface area contributed by atoms with Gasteiger partial charge < -0.3 is 14.3 Å². The highest BCUT2D eigenvalue weighted by atomic mass is 32.1. The average Bonchev–Trinajstić information content (AvgIpc) is 2.75. The van der Waals surface area contributed by atoms with Crippen molar-refractivity contribution >= 4 is 23.3 Å². The van der Waals surface area contributed by atoms with Gasteiger partial charge in [-0.1, -0.05) is 18.2 Å². The van der Waals surface area contributed by atoms with E-state index in [-0.39, 0.29) is 18.1 Å². The van der Waals surface area contributed by atoms with E-state index in [2.05, 4.69) is 4.98 Å². The second-order valence-corrected chi connectivity index (χ2v) is 5.00. The first-order valence-corrected chi connectivity index (χ1v) is 6.70. The number of hydrogen-bond donors (Lipinski definition) is 1. The molecule has 0 saturated carbocycles. The summed E-state index contributed by atoms with van der Waals surface area (Å²) in [7, 11) is 1.40. The minimum Gasteiger partial charge on any atom is -0.494 e. The van der Waals surface area contributed by atoms with Gasteiger partial charge in [-0.05, 0) is 18.3 Å². The van der Waals surface area contributed by atoms with Crippen LogP contribution in [0.4, 0.5) is 8.78 Å². The smallest absolute Gasteiger partial charge is 0.178 e. The van der Waals surface area contributed by atoms with Gasteiger partial charge in [-0.2, -0.15) is 0 Å². The number of ether oxygens (including phenoxy) is 1. The first kappa shape index (κ1) is 13.8. The predicted molar refractivity (Wildman–Crippen MR) is 79.1 cm³/mol. The van der Waals surface area contributed by atoms with E-state index in [4.69, 9.17) is 17.0 Å². The number of benzene rings is 2. The predicted octanol–water partition coefficient (Wildman–Crippen LogP) is 4.03. The molecule has 0 aliphatic carbocycles. The molecule has 0 amide bonds. The van der Waals surface area contributed by atoms with Gasteiger partial charge in [0.1, 0.15) is 5.82 Å². The third-order valence-corrected chi connectivity index (χ3v) is 3.66. The summed E-state index contributed by atoms with van der Waals surface area (Å²) < 4.78 is 34.6. The van der Waals surface area contributed by atoms with Gasteiger partial charge in [0.05, 0.1) is 24.7 Å². The van der Waals surface area contributed by atoms with Crippen LogP contribution in [0.2, 0.25) is 0 Å². The van der Waals surface area contributed by atoms with Crippen molar-refractivity contribution in [1.82, 2.24) is 9.55 Å².